The molecule has 4 heteroatoms. The lowest BCUT2D eigenvalue weighted by atomic mass is 9.89. The minimum absolute atomic E-state index is 0.0277. The number of ether oxygens (including phenoxy) is 1. The number of nitrogens with zero attached hydrogens (tertiary/aromatic N) is 1. The van der Waals surface area contributed by atoms with Gasteiger partial charge in [0.2, 0.25) is 5.91 Å². The Hall–Kier alpha value is -1.39. The summed E-state index contributed by atoms with van der Waals surface area (Å²) in [5.41, 5.74) is 7.43. The first-order valence-corrected chi connectivity index (χ1v) is 6.25. The molecule has 0 unspecified atom stereocenters. The van der Waals surface area contributed by atoms with E-state index in [4.69, 9.17) is 10.5 Å². The van der Waals surface area contributed by atoms with E-state index >= 15 is 0 Å². The van der Waals surface area contributed by atoms with Crippen molar-refractivity contribution in [2.75, 3.05) is 25.2 Å². The topological polar surface area (TPSA) is 55.6 Å². The second-order valence-corrected chi connectivity index (χ2v) is 4.92. The van der Waals surface area contributed by atoms with Gasteiger partial charge >= 0.3 is 0 Å². The molecule has 0 spiro atoms. The van der Waals surface area contributed by atoms with E-state index in [0.29, 0.717) is 26.1 Å². The van der Waals surface area contributed by atoms with Crippen LogP contribution >= 0.6 is 0 Å². The smallest absolute Gasteiger partial charge is 0.246 e. The van der Waals surface area contributed by atoms with E-state index in [0.717, 1.165) is 11.3 Å². The molecule has 18 heavy (non-hydrogen) atoms. The van der Waals surface area contributed by atoms with Crippen LogP contribution in [0.4, 0.5) is 5.69 Å². The molecule has 0 aliphatic carbocycles. The van der Waals surface area contributed by atoms with Crippen LogP contribution in [0.1, 0.15) is 18.4 Å². The maximum Gasteiger partial charge on any atom is 0.246 e. The summed E-state index contributed by atoms with van der Waals surface area (Å²) in [5, 5.41) is 0. The van der Waals surface area contributed by atoms with Crippen LogP contribution in [-0.4, -0.2) is 31.7 Å². The molecule has 1 heterocycles. The highest BCUT2D eigenvalue weighted by Crippen LogP contribution is 2.25. The summed E-state index contributed by atoms with van der Waals surface area (Å²) < 4.78 is 5.27. The van der Waals surface area contributed by atoms with Gasteiger partial charge in [-0.05, 0) is 31.4 Å². The van der Waals surface area contributed by atoms with Gasteiger partial charge < -0.3 is 15.4 Å². The van der Waals surface area contributed by atoms with E-state index in [9.17, 15) is 4.79 Å². The zero-order valence-electron chi connectivity index (χ0n) is 11.0. The number of carbonyl (C=O) groups excluding carboxylic acids is 1. The molecule has 0 radical (unpaired) electrons. The summed E-state index contributed by atoms with van der Waals surface area (Å²) in [4.78, 5) is 14.2. The maximum atomic E-state index is 12.5. The Morgan fingerprint density at radius 1 is 1.33 bits per heavy atom. The summed E-state index contributed by atoms with van der Waals surface area (Å²) in [6.45, 7) is 3.11. The number of hydrogen-bond donors (Lipinski definition) is 1. The number of rotatable bonds is 2. The van der Waals surface area contributed by atoms with Gasteiger partial charge in [-0.2, -0.15) is 0 Å². The predicted molar refractivity (Wildman–Crippen MR) is 71.6 cm³/mol. The van der Waals surface area contributed by atoms with E-state index in [1.165, 1.54) is 0 Å². The number of carbonyl (C=O) groups is 1. The number of nitrogens with two attached hydrogens (primary N) is 1. The van der Waals surface area contributed by atoms with Crippen molar-refractivity contribution in [1.29, 1.82) is 0 Å². The molecular weight excluding hydrogens is 228 g/mol. The minimum atomic E-state index is -0.782. The third-order valence-corrected chi connectivity index (χ3v) is 3.59. The van der Waals surface area contributed by atoms with Crippen molar-refractivity contribution in [2.24, 2.45) is 5.73 Å². The fourth-order valence-corrected chi connectivity index (χ4v) is 2.33. The molecule has 98 valence electrons. The van der Waals surface area contributed by atoms with Crippen LogP contribution < -0.4 is 10.6 Å². The fourth-order valence-electron chi connectivity index (χ4n) is 2.33. The standard InChI is InChI=1S/C14H20N2O2/c1-11-5-3-4-6-12(11)16(2)13(17)14(15)7-9-18-10-8-14/h3-6H,7-10,15H2,1-2H3. The largest absolute Gasteiger partial charge is 0.381 e. The lowest BCUT2D eigenvalue weighted by Crippen LogP contribution is -2.57. The molecule has 1 aromatic carbocycles. The van der Waals surface area contributed by atoms with E-state index < -0.39 is 5.54 Å². The second-order valence-electron chi connectivity index (χ2n) is 4.92. The molecule has 2 rings (SSSR count). The van der Waals surface area contributed by atoms with Gasteiger partial charge in [0, 0.05) is 25.9 Å². The molecule has 2 N–H and O–H groups in total. The summed E-state index contributed by atoms with van der Waals surface area (Å²) in [7, 11) is 1.79. The van der Waals surface area contributed by atoms with E-state index in [1.54, 1.807) is 11.9 Å². The highest BCUT2D eigenvalue weighted by Gasteiger charge is 2.38. The summed E-state index contributed by atoms with van der Waals surface area (Å²) in [6, 6.07) is 7.82. The van der Waals surface area contributed by atoms with Crippen molar-refractivity contribution < 1.29 is 9.53 Å². The number of hydrogen-bond acceptors (Lipinski definition) is 3. The van der Waals surface area contributed by atoms with Gasteiger partial charge in [-0.1, -0.05) is 18.2 Å². The van der Waals surface area contributed by atoms with Crippen molar-refractivity contribution in [3.05, 3.63) is 29.8 Å². The third kappa shape index (κ3) is 2.40. The van der Waals surface area contributed by atoms with Crippen molar-refractivity contribution in [3.63, 3.8) is 0 Å². The van der Waals surface area contributed by atoms with Crippen LogP contribution in [0, 0.1) is 6.92 Å². The number of amides is 1. The van der Waals surface area contributed by atoms with E-state index in [2.05, 4.69) is 0 Å². The van der Waals surface area contributed by atoms with Crippen LogP contribution in [0.5, 0.6) is 0 Å². The van der Waals surface area contributed by atoms with Gasteiger partial charge in [0.1, 0.15) is 5.54 Å². The number of benzene rings is 1. The van der Waals surface area contributed by atoms with Crippen LogP contribution in [-0.2, 0) is 9.53 Å². The van der Waals surface area contributed by atoms with Crippen molar-refractivity contribution in [2.45, 2.75) is 25.3 Å². The molecule has 0 bridgehead atoms. The highest BCUT2D eigenvalue weighted by atomic mass is 16.5. The summed E-state index contributed by atoms with van der Waals surface area (Å²) in [5.74, 6) is -0.0277. The van der Waals surface area contributed by atoms with Crippen molar-refractivity contribution in [3.8, 4) is 0 Å². The lowest BCUT2D eigenvalue weighted by Gasteiger charge is -2.35. The van der Waals surface area contributed by atoms with Gasteiger partial charge in [-0.3, -0.25) is 4.79 Å². The van der Waals surface area contributed by atoms with E-state index in [-0.39, 0.29) is 5.91 Å². The molecule has 0 atom stereocenters. The van der Waals surface area contributed by atoms with Gasteiger partial charge in [0.15, 0.2) is 0 Å². The Balaban J connectivity index is 2.21. The number of para-hydroxylation sites is 1. The zero-order chi connectivity index (χ0) is 13.2. The van der Waals surface area contributed by atoms with Crippen LogP contribution in [0.25, 0.3) is 0 Å². The third-order valence-electron chi connectivity index (χ3n) is 3.59. The molecule has 1 amide bonds. The van der Waals surface area contributed by atoms with Crippen LogP contribution in [0.3, 0.4) is 0 Å². The molecule has 1 aliphatic rings. The van der Waals surface area contributed by atoms with Crippen LogP contribution in [0.15, 0.2) is 24.3 Å². The Morgan fingerprint density at radius 2 is 1.94 bits per heavy atom. The fraction of sp³-hybridized carbons (Fsp3) is 0.500. The second kappa shape index (κ2) is 5.08. The van der Waals surface area contributed by atoms with E-state index in [1.807, 2.05) is 31.2 Å². The highest BCUT2D eigenvalue weighted by molar-refractivity contribution is 6.00. The average molecular weight is 248 g/mol. The van der Waals surface area contributed by atoms with Crippen LogP contribution in [0.2, 0.25) is 0 Å². The molecule has 1 aliphatic heterocycles. The first-order chi connectivity index (χ1) is 8.54. The molecule has 1 fully saturated rings. The Bertz CT molecular complexity index is 439. The monoisotopic (exact) mass is 248 g/mol. The maximum absolute atomic E-state index is 12.5. The summed E-state index contributed by atoms with van der Waals surface area (Å²) in [6.07, 6.45) is 1.17. The van der Waals surface area contributed by atoms with Gasteiger partial charge in [-0.15, -0.1) is 0 Å². The Kier molecular flexibility index (Phi) is 3.68. The first kappa shape index (κ1) is 13.1. The molecule has 1 aromatic rings. The SMILES string of the molecule is Cc1ccccc1N(C)C(=O)C1(N)CCOCC1. The van der Waals surface area contributed by atoms with Crippen molar-refractivity contribution in [1.82, 2.24) is 0 Å². The minimum Gasteiger partial charge on any atom is -0.381 e. The number of anilines is 1. The lowest BCUT2D eigenvalue weighted by molar-refractivity contribution is -0.126. The summed E-state index contributed by atoms with van der Waals surface area (Å²) >= 11 is 0. The molecule has 1 saturated heterocycles. The zero-order valence-corrected chi connectivity index (χ0v) is 11.0. The molecule has 0 aromatic heterocycles. The van der Waals surface area contributed by atoms with Crippen molar-refractivity contribution >= 4 is 11.6 Å². The average Bonchev–Trinajstić information content (AvgIpc) is 2.38. The molecular formula is C14H20N2O2. The predicted octanol–water partition coefficient (Wildman–Crippen LogP) is 1.47. The van der Waals surface area contributed by atoms with Gasteiger partial charge in [0.25, 0.3) is 0 Å². The Morgan fingerprint density at radius 3 is 2.56 bits per heavy atom. The Labute approximate surface area is 108 Å². The van der Waals surface area contributed by atoms with Gasteiger partial charge in [-0.25, -0.2) is 0 Å². The van der Waals surface area contributed by atoms with Gasteiger partial charge in [0.05, 0.1) is 0 Å². The number of aryl methyl sites for hydroxylation is 1. The molecule has 0 saturated carbocycles. The quantitative estimate of drug-likeness (QED) is 0.862. The normalized spacial score (nSPS) is 18.4. The first-order valence-electron chi connectivity index (χ1n) is 6.25. The molecule has 4 nitrogen and oxygen atoms in total. The number of likely N-dealkylation sites (N-methyl/N-ethyl adjacent to an activating group) is 1.